The van der Waals surface area contributed by atoms with Gasteiger partial charge in [-0.25, -0.2) is 4.79 Å². The number of hydrogen-bond donors (Lipinski definition) is 0. The van der Waals surface area contributed by atoms with Crippen molar-refractivity contribution in [1.29, 1.82) is 0 Å². The van der Waals surface area contributed by atoms with Gasteiger partial charge in [0, 0.05) is 11.1 Å². The Labute approximate surface area is 97.1 Å². The highest BCUT2D eigenvalue weighted by Crippen LogP contribution is 2.23. The summed E-state index contributed by atoms with van der Waals surface area (Å²) >= 11 is 5.67. The maximum Gasteiger partial charge on any atom is 0.345 e. The largest absolute Gasteiger partial charge is 0.459 e. The Bertz CT molecular complexity index is 431. The number of esters is 1. The third-order valence-corrected chi connectivity index (χ3v) is 1.95. The zero-order valence-electron chi connectivity index (χ0n) is 8.77. The Morgan fingerprint density at radius 2 is 2.12 bits per heavy atom. The number of nitro groups is 1. The van der Waals surface area contributed by atoms with Gasteiger partial charge in [-0.15, -0.1) is 0 Å². The van der Waals surface area contributed by atoms with E-state index in [2.05, 4.69) is 0 Å². The Morgan fingerprint density at radius 1 is 1.50 bits per heavy atom. The number of carbonyl (C=O) groups excluding carboxylic acids is 1. The molecule has 0 aliphatic rings. The van der Waals surface area contributed by atoms with Crippen molar-refractivity contribution in [3.05, 3.63) is 38.9 Å². The molecule has 16 heavy (non-hydrogen) atoms. The molecule has 0 amide bonds. The van der Waals surface area contributed by atoms with Gasteiger partial charge >= 0.3 is 5.97 Å². The van der Waals surface area contributed by atoms with Gasteiger partial charge in [0.05, 0.1) is 11.0 Å². The van der Waals surface area contributed by atoms with Gasteiger partial charge in [-0.1, -0.05) is 11.6 Å². The number of rotatable bonds is 3. The molecule has 0 aliphatic heterocycles. The molecule has 0 heterocycles. The average Bonchev–Trinajstić information content (AvgIpc) is 2.15. The standard InChI is InChI=1S/C10H10ClNO4/c1-6(2)16-10(13)8-5-7(11)3-4-9(8)12(14)15/h3-6H,1-2H3. The Balaban J connectivity index is 3.14. The fourth-order valence-electron chi connectivity index (χ4n) is 1.11. The smallest absolute Gasteiger partial charge is 0.345 e. The van der Waals surface area contributed by atoms with Crippen molar-refractivity contribution in [2.75, 3.05) is 0 Å². The first-order valence-corrected chi connectivity index (χ1v) is 4.94. The normalized spacial score (nSPS) is 10.2. The van der Waals surface area contributed by atoms with Crippen LogP contribution in [0.15, 0.2) is 18.2 Å². The van der Waals surface area contributed by atoms with Crippen LogP contribution in [0.5, 0.6) is 0 Å². The molecule has 86 valence electrons. The van der Waals surface area contributed by atoms with Gasteiger partial charge in [-0.3, -0.25) is 10.1 Å². The Morgan fingerprint density at radius 3 is 2.62 bits per heavy atom. The molecular formula is C10H10ClNO4. The molecule has 0 spiro atoms. The molecule has 0 N–H and O–H groups in total. The minimum absolute atomic E-state index is 0.133. The summed E-state index contributed by atoms with van der Waals surface area (Å²) in [6, 6.07) is 3.76. The van der Waals surface area contributed by atoms with E-state index in [1.54, 1.807) is 13.8 Å². The lowest BCUT2D eigenvalue weighted by Crippen LogP contribution is -2.13. The fraction of sp³-hybridized carbons (Fsp3) is 0.300. The van der Waals surface area contributed by atoms with Crippen molar-refractivity contribution in [3.8, 4) is 0 Å². The fourth-order valence-corrected chi connectivity index (χ4v) is 1.28. The molecule has 6 heteroatoms. The summed E-state index contributed by atoms with van der Waals surface area (Å²) < 4.78 is 4.88. The maximum absolute atomic E-state index is 11.5. The monoisotopic (exact) mass is 243 g/mol. The highest BCUT2D eigenvalue weighted by Gasteiger charge is 2.22. The van der Waals surface area contributed by atoms with Gasteiger partial charge < -0.3 is 4.74 Å². The van der Waals surface area contributed by atoms with Gasteiger partial charge in [0.25, 0.3) is 5.69 Å². The van der Waals surface area contributed by atoms with E-state index in [1.807, 2.05) is 0 Å². The van der Waals surface area contributed by atoms with E-state index >= 15 is 0 Å². The third-order valence-electron chi connectivity index (χ3n) is 1.72. The van der Waals surface area contributed by atoms with Crippen molar-refractivity contribution < 1.29 is 14.5 Å². The van der Waals surface area contributed by atoms with Crippen LogP contribution in [-0.4, -0.2) is 17.0 Å². The molecule has 1 rings (SSSR count). The molecule has 5 nitrogen and oxygen atoms in total. The van der Waals surface area contributed by atoms with Crippen molar-refractivity contribution in [3.63, 3.8) is 0 Å². The van der Waals surface area contributed by atoms with Crippen molar-refractivity contribution >= 4 is 23.3 Å². The number of carbonyl (C=O) groups is 1. The summed E-state index contributed by atoms with van der Waals surface area (Å²) in [6.07, 6.45) is -0.342. The second-order valence-corrected chi connectivity index (χ2v) is 3.81. The van der Waals surface area contributed by atoms with Gasteiger partial charge in [-0.2, -0.15) is 0 Å². The lowest BCUT2D eigenvalue weighted by Gasteiger charge is -2.08. The SMILES string of the molecule is CC(C)OC(=O)c1cc(Cl)ccc1[N+](=O)[O-]. The van der Waals surface area contributed by atoms with Crippen LogP contribution >= 0.6 is 11.6 Å². The maximum atomic E-state index is 11.5. The first-order chi connectivity index (χ1) is 7.41. The molecule has 0 fully saturated rings. The summed E-state index contributed by atoms with van der Waals surface area (Å²) in [7, 11) is 0. The summed E-state index contributed by atoms with van der Waals surface area (Å²) in [6.45, 7) is 3.32. The zero-order valence-corrected chi connectivity index (χ0v) is 9.52. The topological polar surface area (TPSA) is 69.4 Å². The van der Waals surface area contributed by atoms with E-state index in [1.165, 1.54) is 18.2 Å². The minimum Gasteiger partial charge on any atom is -0.459 e. The second-order valence-electron chi connectivity index (χ2n) is 3.37. The van der Waals surface area contributed by atoms with Crippen LogP contribution in [0.4, 0.5) is 5.69 Å². The predicted octanol–water partition coefficient (Wildman–Crippen LogP) is 2.81. The molecule has 0 atom stereocenters. The number of halogens is 1. The number of hydrogen-bond acceptors (Lipinski definition) is 4. The van der Waals surface area contributed by atoms with Crippen LogP contribution in [0.2, 0.25) is 5.02 Å². The molecule has 0 bridgehead atoms. The van der Waals surface area contributed by atoms with Gasteiger partial charge in [-0.05, 0) is 26.0 Å². The Kier molecular flexibility index (Phi) is 3.84. The van der Waals surface area contributed by atoms with Gasteiger partial charge in [0.15, 0.2) is 0 Å². The van der Waals surface area contributed by atoms with Crippen LogP contribution < -0.4 is 0 Å². The molecular weight excluding hydrogens is 234 g/mol. The van der Waals surface area contributed by atoms with Crippen molar-refractivity contribution in [2.45, 2.75) is 20.0 Å². The van der Waals surface area contributed by atoms with Crippen LogP contribution in [0.25, 0.3) is 0 Å². The Hall–Kier alpha value is -1.62. The van der Waals surface area contributed by atoms with Crippen molar-refractivity contribution in [2.24, 2.45) is 0 Å². The first kappa shape index (κ1) is 12.4. The van der Waals surface area contributed by atoms with Gasteiger partial charge in [0.2, 0.25) is 0 Å². The van der Waals surface area contributed by atoms with Crippen molar-refractivity contribution in [1.82, 2.24) is 0 Å². The summed E-state index contributed by atoms with van der Waals surface area (Å²) in [5, 5.41) is 10.9. The molecule has 0 aromatic heterocycles. The molecule has 0 saturated carbocycles. The van der Waals surface area contributed by atoms with E-state index in [-0.39, 0.29) is 22.4 Å². The van der Waals surface area contributed by atoms with Crippen LogP contribution in [-0.2, 0) is 4.74 Å². The van der Waals surface area contributed by atoms with Crippen LogP contribution in [0.3, 0.4) is 0 Å². The lowest BCUT2D eigenvalue weighted by atomic mass is 10.2. The number of nitrogens with zero attached hydrogens (tertiary/aromatic N) is 1. The molecule has 0 radical (unpaired) electrons. The molecule has 0 unspecified atom stereocenters. The number of ether oxygens (including phenoxy) is 1. The number of benzene rings is 1. The molecule has 1 aromatic rings. The lowest BCUT2D eigenvalue weighted by molar-refractivity contribution is -0.385. The van der Waals surface area contributed by atoms with E-state index in [0.717, 1.165) is 0 Å². The van der Waals surface area contributed by atoms with E-state index in [4.69, 9.17) is 16.3 Å². The van der Waals surface area contributed by atoms with E-state index in [0.29, 0.717) is 0 Å². The molecule has 0 aliphatic carbocycles. The average molecular weight is 244 g/mol. The van der Waals surface area contributed by atoms with Crippen LogP contribution in [0.1, 0.15) is 24.2 Å². The van der Waals surface area contributed by atoms with E-state index in [9.17, 15) is 14.9 Å². The summed E-state index contributed by atoms with van der Waals surface area (Å²) in [5.41, 5.74) is -0.443. The number of nitro benzene ring substituents is 1. The summed E-state index contributed by atoms with van der Waals surface area (Å²) in [5.74, 6) is -0.746. The predicted molar refractivity (Wildman–Crippen MR) is 58.7 cm³/mol. The molecule has 1 aromatic carbocycles. The zero-order chi connectivity index (χ0) is 12.3. The summed E-state index contributed by atoms with van der Waals surface area (Å²) in [4.78, 5) is 21.6. The highest BCUT2D eigenvalue weighted by atomic mass is 35.5. The minimum atomic E-state index is -0.746. The van der Waals surface area contributed by atoms with Gasteiger partial charge in [0.1, 0.15) is 5.56 Å². The van der Waals surface area contributed by atoms with Crippen LogP contribution in [0, 0.1) is 10.1 Å². The second kappa shape index (κ2) is 4.94. The highest BCUT2D eigenvalue weighted by molar-refractivity contribution is 6.31. The third kappa shape index (κ3) is 2.93. The van der Waals surface area contributed by atoms with E-state index < -0.39 is 10.9 Å². The first-order valence-electron chi connectivity index (χ1n) is 4.56. The molecule has 0 saturated heterocycles. The quantitative estimate of drug-likeness (QED) is 0.465.